The quantitative estimate of drug-likeness (QED) is 0.718. The molecular weight excluding hydrogens is 362 g/mol. The van der Waals surface area contributed by atoms with Crippen LogP contribution in [0.25, 0.3) is 0 Å². The molecule has 1 amide bonds. The molecule has 0 spiro atoms. The number of carbonyl (C=O) groups is 2. The molecule has 0 radical (unpaired) electrons. The van der Waals surface area contributed by atoms with E-state index in [1.807, 2.05) is 30.3 Å². The van der Waals surface area contributed by atoms with Crippen LogP contribution in [0.3, 0.4) is 0 Å². The van der Waals surface area contributed by atoms with Crippen molar-refractivity contribution in [1.82, 2.24) is 25.2 Å². The van der Waals surface area contributed by atoms with Gasteiger partial charge in [-0.25, -0.2) is 9.59 Å². The van der Waals surface area contributed by atoms with Gasteiger partial charge < -0.3 is 19.7 Å². The van der Waals surface area contributed by atoms with Gasteiger partial charge in [0.15, 0.2) is 5.69 Å². The highest BCUT2D eigenvalue weighted by molar-refractivity contribution is 5.86. The molecule has 9 heteroatoms. The second kappa shape index (κ2) is 9.84. The first-order chi connectivity index (χ1) is 13.7. The Kier molecular flexibility index (Phi) is 6.96. The Morgan fingerprint density at radius 3 is 2.86 bits per heavy atom. The number of hydrogen-bond donors (Lipinski definition) is 1. The third kappa shape index (κ3) is 5.53. The zero-order valence-corrected chi connectivity index (χ0v) is 15.9. The molecule has 1 N–H and O–H groups in total. The minimum Gasteiger partial charge on any atom is -0.461 e. The number of aryl methyl sites for hydroxylation is 1. The highest BCUT2D eigenvalue weighted by atomic mass is 16.6. The molecule has 28 heavy (non-hydrogen) atoms. The lowest BCUT2D eigenvalue weighted by molar-refractivity contribution is 0.0519. The van der Waals surface area contributed by atoms with Crippen LogP contribution in [0, 0.1) is 0 Å². The number of hydrogen-bond acceptors (Lipinski definition) is 7. The Hall–Kier alpha value is -2.94. The van der Waals surface area contributed by atoms with Gasteiger partial charge >= 0.3 is 12.1 Å². The first kappa shape index (κ1) is 19.8. The van der Waals surface area contributed by atoms with Crippen molar-refractivity contribution in [2.75, 3.05) is 26.2 Å². The Morgan fingerprint density at radius 2 is 2.07 bits per heavy atom. The number of amides is 1. The van der Waals surface area contributed by atoms with Crippen molar-refractivity contribution in [2.24, 2.45) is 0 Å². The van der Waals surface area contributed by atoms with E-state index in [0.29, 0.717) is 32.8 Å². The molecule has 0 bridgehead atoms. The molecule has 0 unspecified atom stereocenters. The minimum absolute atomic E-state index is 0.119. The van der Waals surface area contributed by atoms with Crippen molar-refractivity contribution in [3.05, 3.63) is 47.8 Å². The summed E-state index contributed by atoms with van der Waals surface area (Å²) in [6, 6.07) is 9.74. The molecule has 1 aliphatic rings. The van der Waals surface area contributed by atoms with Crippen LogP contribution in [0.15, 0.2) is 36.5 Å². The van der Waals surface area contributed by atoms with Crippen molar-refractivity contribution >= 4 is 12.1 Å². The number of nitrogens with zero attached hydrogens (tertiary/aromatic N) is 4. The number of piperazine rings is 1. The summed E-state index contributed by atoms with van der Waals surface area (Å²) in [5.41, 5.74) is 1.16. The van der Waals surface area contributed by atoms with E-state index < -0.39 is 5.97 Å². The molecule has 3 rings (SSSR count). The number of benzene rings is 1. The summed E-state index contributed by atoms with van der Waals surface area (Å²) in [4.78, 5) is 25.7. The molecule has 2 aromatic rings. The number of aromatic nitrogens is 3. The Labute approximate surface area is 163 Å². The first-order valence-electron chi connectivity index (χ1n) is 9.42. The second-order valence-corrected chi connectivity index (χ2v) is 6.51. The lowest BCUT2D eigenvalue weighted by Crippen LogP contribution is -2.52. The van der Waals surface area contributed by atoms with Gasteiger partial charge in [0.1, 0.15) is 6.61 Å². The van der Waals surface area contributed by atoms with Crippen LogP contribution < -0.4 is 5.32 Å². The standard InChI is InChI=1S/C19H25N5O4/c1-2-27-18(25)17-13-24(22-21-17)10-8-16-12-23(11-9-20-16)19(26)28-14-15-6-4-3-5-7-15/h3-7,13,16,20H,2,8-12,14H2,1H3/t16-/m1/s1. The molecule has 1 aromatic heterocycles. The fourth-order valence-electron chi connectivity index (χ4n) is 2.99. The molecule has 1 saturated heterocycles. The van der Waals surface area contributed by atoms with Gasteiger partial charge in [-0.15, -0.1) is 5.10 Å². The number of esters is 1. The van der Waals surface area contributed by atoms with E-state index in [9.17, 15) is 9.59 Å². The van der Waals surface area contributed by atoms with Crippen molar-refractivity contribution in [2.45, 2.75) is 32.5 Å². The maximum absolute atomic E-state index is 12.3. The van der Waals surface area contributed by atoms with Crippen LogP contribution in [0.4, 0.5) is 4.79 Å². The van der Waals surface area contributed by atoms with Crippen LogP contribution in [0.2, 0.25) is 0 Å². The van der Waals surface area contributed by atoms with Crippen molar-refractivity contribution < 1.29 is 19.1 Å². The van der Waals surface area contributed by atoms with E-state index >= 15 is 0 Å². The van der Waals surface area contributed by atoms with Crippen LogP contribution >= 0.6 is 0 Å². The van der Waals surface area contributed by atoms with Crippen molar-refractivity contribution in [3.63, 3.8) is 0 Å². The molecule has 1 fully saturated rings. The van der Waals surface area contributed by atoms with Crippen LogP contribution in [0.5, 0.6) is 0 Å². The van der Waals surface area contributed by atoms with Gasteiger partial charge in [0.25, 0.3) is 0 Å². The maximum Gasteiger partial charge on any atom is 0.410 e. The second-order valence-electron chi connectivity index (χ2n) is 6.51. The number of rotatable bonds is 7. The Morgan fingerprint density at radius 1 is 1.25 bits per heavy atom. The third-order valence-electron chi connectivity index (χ3n) is 4.45. The molecule has 0 saturated carbocycles. The van der Waals surface area contributed by atoms with E-state index in [4.69, 9.17) is 9.47 Å². The molecule has 1 aromatic carbocycles. The Balaban J connectivity index is 1.44. The highest BCUT2D eigenvalue weighted by Gasteiger charge is 2.24. The van der Waals surface area contributed by atoms with E-state index in [2.05, 4.69) is 15.6 Å². The van der Waals surface area contributed by atoms with Crippen molar-refractivity contribution in [3.8, 4) is 0 Å². The Bertz CT molecular complexity index is 780. The SMILES string of the molecule is CCOC(=O)c1cn(CC[C@@H]2CN(C(=O)OCc3ccccc3)CCN2)nn1. The average molecular weight is 387 g/mol. The zero-order valence-electron chi connectivity index (χ0n) is 15.9. The predicted molar refractivity (Wildman–Crippen MR) is 101 cm³/mol. The van der Waals surface area contributed by atoms with Crippen LogP contribution in [-0.2, 0) is 22.6 Å². The van der Waals surface area contributed by atoms with E-state index in [0.717, 1.165) is 12.0 Å². The third-order valence-corrected chi connectivity index (χ3v) is 4.45. The van der Waals surface area contributed by atoms with E-state index in [-0.39, 0.29) is 24.4 Å². The number of carbonyl (C=O) groups excluding carboxylic acids is 2. The summed E-state index contributed by atoms with van der Waals surface area (Å²) < 4.78 is 11.9. The topological polar surface area (TPSA) is 98.6 Å². The van der Waals surface area contributed by atoms with E-state index in [1.54, 1.807) is 22.7 Å². The first-order valence-corrected chi connectivity index (χ1v) is 9.42. The van der Waals surface area contributed by atoms with Gasteiger partial charge in [-0.3, -0.25) is 4.68 Å². The van der Waals surface area contributed by atoms with E-state index in [1.165, 1.54) is 0 Å². The van der Waals surface area contributed by atoms with Crippen LogP contribution in [-0.4, -0.2) is 64.2 Å². The lowest BCUT2D eigenvalue weighted by atomic mass is 10.1. The van der Waals surface area contributed by atoms with Gasteiger partial charge in [0, 0.05) is 32.2 Å². The van der Waals surface area contributed by atoms with Gasteiger partial charge in [0.2, 0.25) is 0 Å². The average Bonchev–Trinajstić information content (AvgIpc) is 3.21. The number of nitrogens with one attached hydrogen (secondary N) is 1. The number of ether oxygens (including phenoxy) is 2. The lowest BCUT2D eigenvalue weighted by Gasteiger charge is -2.33. The monoisotopic (exact) mass is 387 g/mol. The smallest absolute Gasteiger partial charge is 0.410 e. The molecule has 2 heterocycles. The fraction of sp³-hybridized carbons (Fsp3) is 0.474. The normalized spacial score (nSPS) is 16.6. The minimum atomic E-state index is -0.475. The highest BCUT2D eigenvalue weighted by Crippen LogP contribution is 2.09. The van der Waals surface area contributed by atoms with Crippen molar-refractivity contribution in [1.29, 1.82) is 0 Å². The fourth-order valence-corrected chi connectivity index (χ4v) is 2.99. The molecule has 1 atom stereocenters. The van der Waals surface area contributed by atoms with Gasteiger partial charge in [-0.2, -0.15) is 0 Å². The molecule has 150 valence electrons. The summed E-state index contributed by atoms with van der Waals surface area (Å²) in [5, 5.41) is 11.2. The molecule has 0 aliphatic carbocycles. The molecule has 1 aliphatic heterocycles. The molecule has 9 nitrogen and oxygen atoms in total. The summed E-state index contributed by atoms with van der Waals surface area (Å²) in [7, 11) is 0. The van der Waals surface area contributed by atoms with Gasteiger partial charge in [-0.05, 0) is 18.9 Å². The van der Waals surface area contributed by atoms with Gasteiger partial charge in [0.05, 0.1) is 12.8 Å². The largest absolute Gasteiger partial charge is 0.461 e. The predicted octanol–water partition coefficient (Wildman–Crippen LogP) is 1.46. The summed E-state index contributed by atoms with van der Waals surface area (Å²) in [6.45, 7) is 4.77. The molecular formula is C19H25N5O4. The zero-order chi connectivity index (χ0) is 19.8. The summed E-state index contributed by atoms with van der Waals surface area (Å²) in [5.74, 6) is -0.475. The van der Waals surface area contributed by atoms with Crippen LogP contribution in [0.1, 0.15) is 29.4 Å². The maximum atomic E-state index is 12.3. The summed E-state index contributed by atoms with van der Waals surface area (Å²) in [6.07, 6.45) is 2.02. The summed E-state index contributed by atoms with van der Waals surface area (Å²) >= 11 is 0. The van der Waals surface area contributed by atoms with Gasteiger partial charge in [-0.1, -0.05) is 35.5 Å².